The molecular weight excluding hydrogens is 360 g/mol. The van der Waals surface area contributed by atoms with E-state index in [9.17, 15) is 9.59 Å². The standard InChI is InChI=1S/C25H28N2O2/c28-24(20-6-8-23-19(13-20)7-9-25(29)26-23)16-27-14-21-11-18(12-22(21)15-27)10-17-4-2-1-3-5-17/h1-6,8,13,18,21-22H,7,9-12,14-16H2,(H,26,29)/t18-,21+,22-. The highest BCUT2D eigenvalue weighted by molar-refractivity contribution is 6.00. The van der Waals surface area contributed by atoms with Crippen molar-refractivity contribution in [1.29, 1.82) is 0 Å². The molecule has 1 saturated carbocycles. The van der Waals surface area contributed by atoms with Gasteiger partial charge in [-0.15, -0.1) is 0 Å². The fourth-order valence-electron chi connectivity index (χ4n) is 5.62. The Kier molecular flexibility index (Phi) is 4.96. The van der Waals surface area contributed by atoms with Crippen LogP contribution in [-0.4, -0.2) is 36.2 Å². The number of likely N-dealkylation sites (tertiary alicyclic amines) is 1. The van der Waals surface area contributed by atoms with Crippen molar-refractivity contribution in [2.24, 2.45) is 17.8 Å². The van der Waals surface area contributed by atoms with Crippen LogP contribution in [-0.2, 0) is 17.6 Å². The number of carbonyl (C=O) groups excluding carboxylic acids is 2. The van der Waals surface area contributed by atoms with E-state index in [1.165, 1.54) is 24.8 Å². The summed E-state index contributed by atoms with van der Waals surface area (Å²) in [5.41, 5.74) is 4.17. The Morgan fingerprint density at radius 3 is 2.52 bits per heavy atom. The molecule has 0 aromatic heterocycles. The molecule has 0 radical (unpaired) electrons. The molecule has 2 aromatic carbocycles. The maximum Gasteiger partial charge on any atom is 0.224 e. The minimum atomic E-state index is 0.0609. The second-order valence-corrected chi connectivity index (χ2v) is 9.08. The SMILES string of the molecule is O=C1CCc2cc(C(=O)CN3C[C@H]4C[C@H](Cc5ccccc5)C[C@H]4C3)ccc2N1. The molecule has 1 aliphatic carbocycles. The van der Waals surface area contributed by atoms with Crippen LogP contribution in [0.4, 0.5) is 5.69 Å². The molecule has 0 unspecified atom stereocenters. The van der Waals surface area contributed by atoms with E-state index in [1.54, 1.807) is 0 Å². The van der Waals surface area contributed by atoms with E-state index in [0.29, 0.717) is 13.0 Å². The van der Waals surface area contributed by atoms with Crippen molar-refractivity contribution in [1.82, 2.24) is 4.90 Å². The molecule has 4 heteroatoms. The molecule has 1 amide bonds. The van der Waals surface area contributed by atoms with Crippen molar-refractivity contribution in [3.8, 4) is 0 Å². The Balaban J connectivity index is 1.16. The predicted molar refractivity (Wildman–Crippen MR) is 114 cm³/mol. The van der Waals surface area contributed by atoms with Crippen LogP contribution in [0, 0.1) is 17.8 Å². The summed E-state index contributed by atoms with van der Waals surface area (Å²) in [7, 11) is 0. The fourth-order valence-corrected chi connectivity index (χ4v) is 5.62. The summed E-state index contributed by atoms with van der Waals surface area (Å²) in [6, 6.07) is 16.5. The zero-order valence-corrected chi connectivity index (χ0v) is 16.8. The third kappa shape index (κ3) is 3.99. The molecule has 2 heterocycles. The number of hydrogen-bond donors (Lipinski definition) is 1. The van der Waals surface area contributed by atoms with Gasteiger partial charge >= 0.3 is 0 Å². The van der Waals surface area contributed by atoms with Crippen LogP contribution in [0.25, 0.3) is 0 Å². The number of carbonyl (C=O) groups is 2. The summed E-state index contributed by atoms with van der Waals surface area (Å²) in [4.78, 5) is 26.7. The average molecular weight is 389 g/mol. The lowest BCUT2D eigenvalue weighted by Gasteiger charge is -2.20. The van der Waals surface area contributed by atoms with Gasteiger partial charge in [-0.3, -0.25) is 14.5 Å². The molecule has 150 valence electrons. The molecule has 1 saturated heterocycles. The lowest BCUT2D eigenvalue weighted by atomic mass is 9.96. The smallest absolute Gasteiger partial charge is 0.224 e. The normalized spacial score (nSPS) is 26.1. The number of Topliss-reactive ketones (excluding diaryl/α,β-unsaturated/α-hetero) is 1. The number of benzene rings is 2. The zero-order chi connectivity index (χ0) is 19.8. The molecule has 0 bridgehead atoms. The number of nitrogens with one attached hydrogen (secondary N) is 1. The second kappa shape index (κ2) is 7.75. The highest BCUT2D eigenvalue weighted by Gasteiger charge is 2.41. The average Bonchev–Trinajstić information content (AvgIpc) is 3.26. The van der Waals surface area contributed by atoms with Crippen molar-refractivity contribution in [3.05, 3.63) is 65.2 Å². The monoisotopic (exact) mass is 388 g/mol. The number of rotatable bonds is 5. The number of aryl methyl sites for hydroxylation is 1. The highest BCUT2D eigenvalue weighted by atomic mass is 16.1. The maximum atomic E-state index is 12.8. The Hall–Kier alpha value is -2.46. The molecule has 29 heavy (non-hydrogen) atoms. The van der Waals surface area contributed by atoms with Crippen LogP contribution in [0.3, 0.4) is 0 Å². The first-order chi connectivity index (χ1) is 14.1. The quantitative estimate of drug-likeness (QED) is 0.789. The number of amides is 1. The van der Waals surface area contributed by atoms with E-state index in [4.69, 9.17) is 0 Å². The molecule has 3 atom stereocenters. The third-order valence-corrected chi connectivity index (χ3v) is 6.98. The molecule has 5 rings (SSSR count). The molecule has 2 aromatic rings. The lowest BCUT2D eigenvalue weighted by molar-refractivity contribution is -0.116. The summed E-state index contributed by atoms with van der Waals surface area (Å²) >= 11 is 0. The van der Waals surface area contributed by atoms with Gasteiger partial charge in [0.25, 0.3) is 0 Å². The van der Waals surface area contributed by atoms with Crippen LogP contribution >= 0.6 is 0 Å². The number of nitrogens with zero attached hydrogens (tertiary/aromatic N) is 1. The van der Waals surface area contributed by atoms with Gasteiger partial charge in [0.05, 0.1) is 6.54 Å². The van der Waals surface area contributed by atoms with Crippen molar-refractivity contribution in [2.75, 3.05) is 25.0 Å². The van der Waals surface area contributed by atoms with Crippen molar-refractivity contribution in [3.63, 3.8) is 0 Å². The van der Waals surface area contributed by atoms with E-state index in [0.717, 1.165) is 54.1 Å². The zero-order valence-electron chi connectivity index (χ0n) is 16.8. The summed E-state index contributed by atoms with van der Waals surface area (Å²) in [6.07, 6.45) is 5.01. The summed E-state index contributed by atoms with van der Waals surface area (Å²) < 4.78 is 0. The van der Waals surface area contributed by atoms with Gasteiger partial charge in [0.1, 0.15) is 0 Å². The largest absolute Gasteiger partial charge is 0.326 e. The van der Waals surface area contributed by atoms with Gasteiger partial charge in [0, 0.05) is 30.8 Å². The maximum absolute atomic E-state index is 12.8. The van der Waals surface area contributed by atoms with Crippen LogP contribution in [0.5, 0.6) is 0 Å². The molecule has 1 N–H and O–H groups in total. The topological polar surface area (TPSA) is 49.4 Å². The van der Waals surface area contributed by atoms with Crippen molar-refractivity contribution < 1.29 is 9.59 Å². The number of fused-ring (bicyclic) bond motifs is 2. The first-order valence-electron chi connectivity index (χ1n) is 10.9. The molecular formula is C25H28N2O2. The number of ketones is 1. The van der Waals surface area contributed by atoms with E-state index in [1.807, 2.05) is 18.2 Å². The van der Waals surface area contributed by atoms with E-state index < -0.39 is 0 Å². The highest BCUT2D eigenvalue weighted by Crippen LogP contribution is 2.42. The number of anilines is 1. The molecule has 0 spiro atoms. The van der Waals surface area contributed by atoms with Crippen molar-refractivity contribution in [2.45, 2.75) is 32.1 Å². The Morgan fingerprint density at radius 1 is 1.00 bits per heavy atom. The van der Waals surface area contributed by atoms with Crippen molar-refractivity contribution >= 4 is 17.4 Å². The molecule has 3 aliphatic rings. The lowest BCUT2D eigenvalue weighted by Crippen LogP contribution is -2.29. The van der Waals surface area contributed by atoms with E-state index >= 15 is 0 Å². The van der Waals surface area contributed by atoms with Crippen LogP contribution in [0.2, 0.25) is 0 Å². The Labute approximate surface area is 172 Å². The fraction of sp³-hybridized carbons (Fsp3) is 0.440. The molecule has 4 nitrogen and oxygen atoms in total. The van der Waals surface area contributed by atoms with Gasteiger partial charge in [0.2, 0.25) is 5.91 Å². The number of hydrogen-bond acceptors (Lipinski definition) is 3. The van der Waals surface area contributed by atoms with Gasteiger partial charge in [-0.25, -0.2) is 0 Å². The Bertz CT molecular complexity index is 910. The van der Waals surface area contributed by atoms with E-state index in [2.05, 4.69) is 40.5 Å². The Morgan fingerprint density at radius 2 is 1.76 bits per heavy atom. The van der Waals surface area contributed by atoms with Gasteiger partial charge < -0.3 is 5.32 Å². The third-order valence-electron chi connectivity index (χ3n) is 6.98. The predicted octanol–water partition coefficient (Wildman–Crippen LogP) is 3.95. The van der Waals surface area contributed by atoms with Crippen LogP contribution in [0.1, 0.15) is 40.7 Å². The first kappa shape index (κ1) is 18.6. The van der Waals surface area contributed by atoms with Crippen LogP contribution < -0.4 is 5.32 Å². The summed E-state index contributed by atoms with van der Waals surface area (Å²) in [5, 5.41) is 2.89. The van der Waals surface area contributed by atoms with Gasteiger partial charge in [0.15, 0.2) is 5.78 Å². The van der Waals surface area contributed by atoms with Crippen LogP contribution in [0.15, 0.2) is 48.5 Å². The molecule has 2 aliphatic heterocycles. The summed E-state index contributed by atoms with van der Waals surface area (Å²) in [5.74, 6) is 2.54. The van der Waals surface area contributed by atoms with Gasteiger partial charge in [-0.2, -0.15) is 0 Å². The minimum Gasteiger partial charge on any atom is -0.326 e. The van der Waals surface area contributed by atoms with E-state index in [-0.39, 0.29) is 11.7 Å². The van der Waals surface area contributed by atoms with Gasteiger partial charge in [-0.1, -0.05) is 30.3 Å². The molecule has 2 fully saturated rings. The van der Waals surface area contributed by atoms with Gasteiger partial charge in [-0.05, 0) is 72.8 Å². The minimum absolute atomic E-state index is 0.0609. The second-order valence-electron chi connectivity index (χ2n) is 9.08. The summed E-state index contributed by atoms with van der Waals surface area (Å²) in [6.45, 7) is 2.63. The first-order valence-corrected chi connectivity index (χ1v) is 10.9.